The Morgan fingerprint density at radius 2 is 2.18 bits per heavy atom. The van der Waals surface area contributed by atoms with Gasteiger partial charge in [0.2, 0.25) is 0 Å². The molecule has 0 aliphatic heterocycles. The number of aryl methyl sites for hydroxylation is 1. The van der Waals surface area contributed by atoms with Gasteiger partial charge in [0.15, 0.2) is 0 Å². The van der Waals surface area contributed by atoms with Crippen LogP contribution in [0.4, 0.5) is 4.39 Å². The second-order valence-corrected chi connectivity index (χ2v) is 5.92. The number of benzene rings is 1. The van der Waals surface area contributed by atoms with E-state index in [4.69, 9.17) is 5.73 Å². The van der Waals surface area contributed by atoms with Crippen molar-refractivity contribution < 1.29 is 4.39 Å². The fraction of sp³-hybridized carbons (Fsp3) is 0.231. The van der Waals surface area contributed by atoms with Crippen molar-refractivity contribution in [2.24, 2.45) is 5.73 Å². The van der Waals surface area contributed by atoms with E-state index in [1.54, 1.807) is 11.3 Å². The molecule has 17 heavy (non-hydrogen) atoms. The minimum absolute atomic E-state index is 0.167. The Balaban J connectivity index is 2.20. The number of hydrogen-bond donors (Lipinski definition) is 1. The first kappa shape index (κ1) is 12.7. The first-order chi connectivity index (χ1) is 8.06. The van der Waals surface area contributed by atoms with E-state index in [9.17, 15) is 4.39 Å². The largest absolute Gasteiger partial charge is 0.324 e. The Labute approximate surface area is 113 Å². The molecule has 1 nitrogen and oxygen atoms in total. The van der Waals surface area contributed by atoms with E-state index in [1.807, 2.05) is 24.4 Å². The Morgan fingerprint density at radius 3 is 2.76 bits per heavy atom. The van der Waals surface area contributed by atoms with Crippen LogP contribution in [0.1, 0.15) is 22.0 Å². The van der Waals surface area contributed by atoms with Crippen molar-refractivity contribution in [3.63, 3.8) is 0 Å². The number of thiophene rings is 1. The highest BCUT2D eigenvalue weighted by molar-refractivity contribution is 9.10. The molecular formula is C13H13BrFNS. The van der Waals surface area contributed by atoms with Gasteiger partial charge in [-0.3, -0.25) is 0 Å². The minimum Gasteiger partial charge on any atom is -0.324 e. The summed E-state index contributed by atoms with van der Waals surface area (Å²) < 4.78 is 14.4. The highest BCUT2D eigenvalue weighted by Crippen LogP contribution is 2.27. The predicted molar refractivity (Wildman–Crippen MR) is 73.8 cm³/mol. The maximum atomic E-state index is 13.3. The van der Waals surface area contributed by atoms with Crippen LogP contribution in [0.3, 0.4) is 0 Å². The van der Waals surface area contributed by atoms with Crippen molar-refractivity contribution >= 4 is 27.3 Å². The van der Waals surface area contributed by atoms with Crippen LogP contribution in [0, 0.1) is 12.7 Å². The average Bonchev–Trinajstić information content (AvgIpc) is 2.63. The lowest BCUT2D eigenvalue weighted by molar-refractivity contribution is 0.617. The van der Waals surface area contributed by atoms with Gasteiger partial charge in [0.1, 0.15) is 5.82 Å². The standard InChI is InChI=1S/C13H13BrFNS/c1-8-4-9(6-10(15)5-8)12(16)7-13-11(14)2-3-17-13/h2-6,12H,7,16H2,1H3. The predicted octanol–water partition coefficient (Wildman–Crippen LogP) is 4.20. The lowest BCUT2D eigenvalue weighted by Crippen LogP contribution is -2.13. The lowest BCUT2D eigenvalue weighted by atomic mass is 10.0. The molecular weight excluding hydrogens is 301 g/mol. The summed E-state index contributed by atoms with van der Waals surface area (Å²) in [6.07, 6.45) is 0.723. The Morgan fingerprint density at radius 1 is 1.41 bits per heavy atom. The summed E-state index contributed by atoms with van der Waals surface area (Å²) in [6.45, 7) is 1.88. The molecule has 0 amide bonds. The van der Waals surface area contributed by atoms with Gasteiger partial charge in [-0.1, -0.05) is 6.07 Å². The Kier molecular flexibility index (Phi) is 3.97. The first-order valence-corrected chi connectivity index (χ1v) is 6.98. The summed E-state index contributed by atoms with van der Waals surface area (Å²) >= 11 is 5.14. The highest BCUT2D eigenvalue weighted by atomic mass is 79.9. The molecule has 2 rings (SSSR count). The maximum Gasteiger partial charge on any atom is 0.123 e. The van der Waals surface area contributed by atoms with Gasteiger partial charge in [-0.25, -0.2) is 4.39 Å². The number of halogens is 2. The highest BCUT2D eigenvalue weighted by Gasteiger charge is 2.11. The molecule has 1 aromatic heterocycles. The van der Waals surface area contributed by atoms with Crippen LogP contribution < -0.4 is 5.73 Å². The van der Waals surface area contributed by atoms with E-state index in [1.165, 1.54) is 17.0 Å². The quantitative estimate of drug-likeness (QED) is 0.903. The molecule has 4 heteroatoms. The second-order valence-electron chi connectivity index (χ2n) is 4.06. The summed E-state index contributed by atoms with van der Waals surface area (Å²) in [6, 6.07) is 6.80. The molecule has 0 saturated carbocycles. The first-order valence-electron chi connectivity index (χ1n) is 5.31. The maximum absolute atomic E-state index is 13.3. The number of hydrogen-bond acceptors (Lipinski definition) is 2. The van der Waals surface area contributed by atoms with Gasteiger partial charge in [0.05, 0.1) is 0 Å². The van der Waals surface area contributed by atoms with Gasteiger partial charge in [0.25, 0.3) is 0 Å². The van der Waals surface area contributed by atoms with Crippen molar-refractivity contribution in [3.05, 3.63) is 55.9 Å². The zero-order chi connectivity index (χ0) is 12.4. The summed E-state index contributed by atoms with van der Waals surface area (Å²) in [5, 5.41) is 2.02. The summed E-state index contributed by atoms with van der Waals surface area (Å²) in [5.41, 5.74) is 7.87. The summed E-state index contributed by atoms with van der Waals surface area (Å²) in [4.78, 5) is 1.19. The molecule has 1 heterocycles. The fourth-order valence-electron chi connectivity index (χ4n) is 1.77. The third-order valence-corrected chi connectivity index (χ3v) is 4.54. The lowest BCUT2D eigenvalue weighted by Gasteiger charge is -2.12. The molecule has 0 aliphatic carbocycles. The molecule has 0 bridgehead atoms. The van der Waals surface area contributed by atoms with Gasteiger partial charge in [-0.2, -0.15) is 0 Å². The molecule has 2 aromatic rings. The third-order valence-electron chi connectivity index (χ3n) is 2.59. The molecule has 90 valence electrons. The molecule has 2 N–H and O–H groups in total. The van der Waals surface area contributed by atoms with Crippen LogP contribution >= 0.6 is 27.3 Å². The van der Waals surface area contributed by atoms with Crippen LogP contribution in [0.2, 0.25) is 0 Å². The number of nitrogens with two attached hydrogens (primary N) is 1. The van der Waals surface area contributed by atoms with Crippen LogP contribution in [-0.4, -0.2) is 0 Å². The van der Waals surface area contributed by atoms with Gasteiger partial charge in [0, 0.05) is 21.8 Å². The zero-order valence-electron chi connectivity index (χ0n) is 9.41. The van der Waals surface area contributed by atoms with Crippen molar-refractivity contribution in [3.8, 4) is 0 Å². The molecule has 0 aliphatic rings. The Hall–Kier alpha value is -0.710. The third kappa shape index (κ3) is 3.15. The normalized spacial score (nSPS) is 12.7. The van der Waals surface area contributed by atoms with E-state index in [0.717, 1.165) is 22.0 Å². The molecule has 1 atom stereocenters. The molecule has 0 radical (unpaired) electrons. The molecule has 1 aromatic carbocycles. The molecule has 0 saturated heterocycles. The van der Waals surface area contributed by atoms with Crippen molar-refractivity contribution in [1.29, 1.82) is 0 Å². The topological polar surface area (TPSA) is 26.0 Å². The van der Waals surface area contributed by atoms with E-state index in [-0.39, 0.29) is 11.9 Å². The molecule has 1 unspecified atom stereocenters. The van der Waals surface area contributed by atoms with Gasteiger partial charge < -0.3 is 5.73 Å². The smallest absolute Gasteiger partial charge is 0.123 e. The average molecular weight is 314 g/mol. The van der Waals surface area contributed by atoms with Gasteiger partial charge in [-0.05, 0) is 57.6 Å². The van der Waals surface area contributed by atoms with Crippen LogP contribution in [0.5, 0.6) is 0 Å². The van der Waals surface area contributed by atoms with E-state index >= 15 is 0 Å². The minimum atomic E-state index is -0.222. The van der Waals surface area contributed by atoms with Gasteiger partial charge in [-0.15, -0.1) is 11.3 Å². The monoisotopic (exact) mass is 313 g/mol. The van der Waals surface area contributed by atoms with E-state index < -0.39 is 0 Å². The Bertz CT molecular complexity index is 504. The van der Waals surface area contributed by atoms with Crippen LogP contribution in [-0.2, 0) is 6.42 Å². The van der Waals surface area contributed by atoms with Crippen molar-refractivity contribution in [2.45, 2.75) is 19.4 Å². The van der Waals surface area contributed by atoms with Crippen LogP contribution in [0.25, 0.3) is 0 Å². The van der Waals surface area contributed by atoms with Gasteiger partial charge >= 0.3 is 0 Å². The number of rotatable bonds is 3. The fourth-order valence-corrected chi connectivity index (χ4v) is 3.34. The van der Waals surface area contributed by atoms with Crippen molar-refractivity contribution in [2.75, 3.05) is 0 Å². The van der Waals surface area contributed by atoms with Crippen LogP contribution in [0.15, 0.2) is 34.1 Å². The molecule has 0 spiro atoms. The van der Waals surface area contributed by atoms with E-state index in [2.05, 4.69) is 15.9 Å². The van der Waals surface area contributed by atoms with E-state index in [0.29, 0.717) is 0 Å². The van der Waals surface area contributed by atoms with Crippen molar-refractivity contribution in [1.82, 2.24) is 0 Å². The summed E-state index contributed by atoms with van der Waals surface area (Å²) in [5.74, 6) is -0.222. The molecule has 0 fully saturated rings. The second kappa shape index (κ2) is 5.29. The SMILES string of the molecule is Cc1cc(F)cc(C(N)Cc2sccc2Br)c1. The summed E-state index contributed by atoms with van der Waals surface area (Å²) in [7, 11) is 0. The zero-order valence-corrected chi connectivity index (χ0v) is 11.8.